The maximum absolute atomic E-state index is 13.9. The van der Waals surface area contributed by atoms with Crippen molar-refractivity contribution in [3.05, 3.63) is 94.3 Å². The number of carbonyl (C=O) groups is 5. The summed E-state index contributed by atoms with van der Waals surface area (Å²) in [5.74, 6) is -6.89. The molecule has 302 valence electrons. The van der Waals surface area contributed by atoms with Gasteiger partial charge in [-0.15, -0.1) is 0 Å². The van der Waals surface area contributed by atoms with Crippen LogP contribution in [-0.2, 0) is 50.4 Å². The zero-order chi connectivity index (χ0) is 42.3. The molecule has 1 aromatic heterocycles. The molecule has 0 unspecified atom stereocenters. The molecule has 2 amide bonds. The Morgan fingerprint density at radius 3 is 1.88 bits per heavy atom. The lowest BCUT2D eigenvalue weighted by atomic mass is 9.91. The van der Waals surface area contributed by atoms with E-state index in [9.17, 15) is 50.9 Å². The molecule has 56 heavy (non-hydrogen) atoms. The van der Waals surface area contributed by atoms with Crippen LogP contribution in [0.25, 0.3) is 11.0 Å². The molecule has 0 spiro atoms. The Morgan fingerprint density at radius 1 is 0.875 bits per heavy atom. The van der Waals surface area contributed by atoms with Gasteiger partial charge in [0.25, 0.3) is 0 Å². The van der Waals surface area contributed by atoms with E-state index in [1.165, 1.54) is 4.90 Å². The number of imidazole rings is 1. The summed E-state index contributed by atoms with van der Waals surface area (Å²) in [6, 6.07) is 15.6. The Hall–Kier alpha value is -6.18. The number of nitrogens with zero attached hydrogens (tertiary/aromatic N) is 3. The number of nitrogens with one attached hydrogen (secondary N) is 1. The summed E-state index contributed by atoms with van der Waals surface area (Å²) >= 11 is 0. The van der Waals surface area contributed by atoms with Crippen LogP contribution in [-0.4, -0.2) is 89.0 Å². The molecular weight excluding hydrogens is 760 g/mol. The molecule has 1 aliphatic heterocycles. The molecule has 7 N–H and O–H groups in total. The maximum Gasteiger partial charge on any atom is 0.490 e. The molecular formula is C36H37F6N5O9. The van der Waals surface area contributed by atoms with Gasteiger partial charge in [0.1, 0.15) is 17.6 Å². The smallest absolute Gasteiger partial charge is 0.490 e. The number of fused-ring (bicyclic) bond motifs is 2. The van der Waals surface area contributed by atoms with Crippen LogP contribution in [0.3, 0.4) is 0 Å². The Kier molecular flexibility index (Phi) is 14.2. The van der Waals surface area contributed by atoms with Crippen molar-refractivity contribution in [3.63, 3.8) is 0 Å². The van der Waals surface area contributed by atoms with Crippen LogP contribution in [0.15, 0.2) is 60.7 Å². The highest BCUT2D eigenvalue weighted by atomic mass is 19.4. The molecule has 0 radical (unpaired) electrons. The number of nitrogens with two attached hydrogens (primary N) is 1. The van der Waals surface area contributed by atoms with Crippen molar-refractivity contribution < 1.29 is 70.7 Å². The molecule has 5 rings (SSSR count). The van der Waals surface area contributed by atoms with Gasteiger partial charge in [-0.3, -0.25) is 14.4 Å². The van der Waals surface area contributed by atoms with Crippen molar-refractivity contribution in [1.82, 2.24) is 19.8 Å². The molecule has 0 saturated heterocycles. The number of alkyl halides is 6. The topological polar surface area (TPSA) is 225 Å². The summed E-state index contributed by atoms with van der Waals surface area (Å²) in [5.41, 5.74) is 12.4. The number of hydrogen-bond acceptors (Lipinski definition) is 8. The third-order valence-electron chi connectivity index (χ3n) is 8.57. The summed E-state index contributed by atoms with van der Waals surface area (Å²) in [7, 11) is 1.78. The number of halogens is 6. The number of phenols is 1. The highest BCUT2D eigenvalue weighted by Gasteiger charge is 2.40. The van der Waals surface area contributed by atoms with E-state index in [-0.39, 0.29) is 37.5 Å². The molecule has 0 bridgehead atoms. The number of amides is 2. The van der Waals surface area contributed by atoms with Crippen molar-refractivity contribution in [2.75, 3.05) is 0 Å². The molecule has 14 nitrogen and oxygen atoms in total. The Bertz CT molecular complexity index is 2050. The zero-order valence-corrected chi connectivity index (χ0v) is 29.9. The Balaban J connectivity index is 0.000000512. The van der Waals surface area contributed by atoms with E-state index >= 15 is 0 Å². The second-order valence-corrected chi connectivity index (χ2v) is 12.6. The van der Waals surface area contributed by atoms with Crippen LogP contribution in [0.4, 0.5) is 26.3 Å². The Labute approximate surface area is 314 Å². The highest BCUT2D eigenvalue weighted by molar-refractivity contribution is 5.91. The quantitative estimate of drug-likeness (QED) is 0.138. The summed E-state index contributed by atoms with van der Waals surface area (Å²) in [5, 5.41) is 36.8. The first-order valence-corrected chi connectivity index (χ1v) is 16.4. The number of aromatic hydroxyl groups is 1. The van der Waals surface area contributed by atoms with Gasteiger partial charge in [0.05, 0.1) is 29.5 Å². The van der Waals surface area contributed by atoms with Crippen LogP contribution in [0.2, 0.25) is 0 Å². The predicted octanol–water partition coefficient (Wildman–Crippen LogP) is 4.32. The largest absolute Gasteiger partial charge is 0.508 e. The summed E-state index contributed by atoms with van der Waals surface area (Å²) in [6.45, 7) is 3.91. The fourth-order valence-corrected chi connectivity index (χ4v) is 5.93. The molecule has 2 heterocycles. The first-order valence-electron chi connectivity index (χ1n) is 16.4. The van der Waals surface area contributed by atoms with Crippen molar-refractivity contribution in [2.45, 2.75) is 70.1 Å². The molecule has 1 aliphatic rings. The first-order chi connectivity index (χ1) is 25.9. The minimum atomic E-state index is -5.08. The molecule has 0 saturated carbocycles. The summed E-state index contributed by atoms with van der Waals surface area (Å²) in [4.78, 5) is 63.6. The fourth-order valence-electron chi connectivity index (χ4n) is 5.93. The van der Waals surface area contributed by atoms with Gasteiger partial charge in [0, 0.05) is 20.0 Å². The number of aromatic nitrogens is 2. The van der Waals surface area contributed by atoms with Gasteiger partial charge < -0.3 is 40.9 Å². The van der Waals surface area contributed by atoms with Crippen LogP contribution < -0.4 is 11.1 Å². The van der Waals surface area contributed by atoms with Crippen LogP contribution in [0, 0.1) is 13.8 Å². The first kappa shape index (κ1) is 44.2. The van der Waals surface area contributed by atoms with Crippen molar-refractivity contribution >= 4 is 40.8 Å². The fraction of sp³-hybridized carbons (Fsp3) is 0.333. The number of benzene rings is 3. The standard InChI is InChI=1S/C32H35N5O5.2C2HF3O2/c1-18-12-22(38)13-19(2)23(18)15-24(33)32(42)37-17-21-9-5-4-8-20(21)14-28(37)31(41)35-26(16-29(39)40)30-34-25-10-6-7-11-27(25)36(30)3;2*3-2(4,5)1(6)7/h4-13,24,26,28,38H,14-17,33H2,1-3H3,(H,35,41)(H,39,40);2*(H,6,7)/t24-,26-,28-;;/m0../s1. The van der Waals surface area contributed by atoms with Gasteiger partial charge in [-0.05, 0) is 72.4 Å². The van der Waals surface area contributed by atoms with E-state index in [2.05, 4.69) is 10.3 Å². The van der Waals surface area contributed by atoms with E-state index in [0.29, 0.717) is 11.3 Å². The van der Waals surface area contributed by atoms with E-state index in [1.807, 2.05) is 62.4 Å². The lowest BCUT2D eigenvalue weighted by molar-refractivity contribution is -0.193. The van der Waals surface area contributed by atoms with E-state index in [4.69, 9.17) is 25.5 Å². The molecule has 0 aliphatic carbocycles. The van der Waals surface area contributed by atoms with Gasteiger partial charge in [0.2, 0.25) is 11.8 Å². The van der Waals surface area contributed by atoms with Crippen LogP contribution in [0.5, 0.6) is 5.75 Å². The number of aliphatic carboxylic acids is 3. The van der Waals surface area contributed by atoms with E-state index < -0.39 is 54.3 Å². The maximum atomic E-state index is 13.9. The number of para-hydroxylation sites is 2. The van der Waals surface area contributed by atoms with Crippen molar-refractivity contribution in [1.29, 1.82) is 0 Å². The van der Waals surface area contributed by atoms with Crippen LogP contribution >= 0.6 is 0 Å². The molecule has 3 atom stereocenters. The minimum Gasteiger partial charge on any atom is -0.508 e. The minimum absolute atomic E-state index is 0.148. The lowest BCUT2D eigenvalue weighted by Gasteiger charge is -2.38. The van der Waals surface area contributed by atoms with Crippen molar-refractivity contribution in [3.8, 4) is 5.75 Å². The summed E-state index contributed by atoms with van der Waals surface area (Å²) in [6.07, 6.45) is -10.0. The summed E-state index contributed by atoms with van der Waals surface area (Å²) < 4.78 is 65.3. The monoisotopic (exact) mass is 797 g/mol. The third kappa shape index (κ3) is 11.4. The van der Waals surface area contributed by atoms with Gasteiger partial charge in [-0.25, -0.2) is 14.6 Å². The van der Waals surface area contributed by atoms with Crippen LogP contribution in [0.1, 0.15) is 46.1 Å². The zero-order valence-electron chi connectivity index (χ0n) is 29.9. The number of carboxylic acids is 3. The number of aryl methyl sites for hydroxylation is 3. The lowest BCUT2D eigenvalue weighted by Crippen LogP contribution is -2.57. The van der Waals surface area contributed by atoms with Gasteiger partial charge >= 0.3 is 30.3 Å². The van der Waals surface area contributed by atoms with Gasteiger partial charge in [-0.1, -0.05) is 36.4 Å². The van der Waals surface area contributed by atoms with Crippen molar-refractivity contribution in [2.24, 2.45) is 12.8 Å². The number of rotatable bonds is 8. The molecule has 0 fully saturated rings. The van der Waals surface area contributed by atoms with Gasteiger partial charge in [0.15, 0.2) is 0 Å². The SMILES string of the molecule is Cc1cc(O)cc(C)c1C[C@H](N)C(=O)N1Cc2ccccc2C[C@H]1C(=O)N[C@@H](CC(=O)O)c1nc2ccccc2n1C.O=C(O)C(F)(F)F.O=C(O)C(F)(F)F. The average Bonchev–Trinajstić information content (AvgIpc) is 3.44. The predicted molar refractivity (Wildman–Crippen MR) is 185 cm³/mol. The number of carboxylic acid groups (broad SMARTS) is 3. The van der Waals surface area contributed by atoms with E-state index in [1.54, 1.807) is 23.7 Å². The molecule has 3 aromatic carbocycles. The number of hydrogen-bond donors (Lipinski definition) is 6. The third-order valence-corrected chi connectivity index (χ3v) is 8.57. The Morgan fingerprint density at radius 2 is 1.38 bits per heavy atom. The van der Waals surface area contributed by atoms with E-state index in [0.717, 1.165) is 33.3 Å². The van der Waals surface area contributed by atoms with Gasteiger partial charge in [-0.2, -0.15) is 26.3 Å². The molecule has 4 aromatic rings. The molecule has 20 heteroatoms. The normalized spacial score (nSPS) is 14.9. The number of phenolic OH excluding ortho intramolecular Hbond substituents is 1. The number of carbonyl (C=O) groups excluding carboxylic acids is 2. The highest BCUT2D eigenvalue weighted by Crippen LogP contribution is 2.28. The second kappa shape index (κ2) is 18.0. The second-order valence-electron chi connectivity index (χ2n) is 12.6. The average molecular weight is 798 g/mol.